The van der Waals surface area contributed by atoms with Crippen molar-refractivity contribution in [3.8, 4) is 16.2 Å². The number of fused-ring (bicyclic) bond motifs is 1. The Hall–Kier alpha value is -3.39. The number of aromatic nitrogens is 2. The molecular formula is C20H16N2O5S. The summed E-state index contributed by atoms with van der Waals surface area (Å²) in [4.78, 5) is 29.7. The van der Waals surface area contributed by atoms with Crippen LogP contribution in [0.15, 0.2) is 58.0 Å². The summed E-state index contributed by atoms with van der Waals surface area (Å²) in [5, 5.41) is 0. The van der Waals surface area contributed by atoms with E-state index < -0.39 is 5.97 Å². The van der Waals surface area contributed by atoms with Gasteiger partial charge in [0.1, 0.15) is 16.2 Å². The summed E-state index contributed by atoms with van der Waals surface area (Å²) < 4.78 is 17.3. The molecule has 7 nitrogen and oxygen atoms in total. The maximum atomic E-state index is 12.9. The van der Waals surface area contributed by atoms with Gasteiger partial charge < -0.3 is 13.9 Å². The van der Waals surface area contributed by atoms with Crippen LogP contribution in [0.4, 0.5) is 0 Å². The first-order valence-electron chi connectivity index (χ1n) is 8.39. The number of ether oxygens (including phenoxy) is 2. The summed E-state index contributed by atoms with van der Waals surface area (Å²) in [5.74, 6) is 0.776. The van der Waals surface area contributed by atoms with E-state index in [-0.39, 0.29) is 17.9 Å². The Morgan fingerprint density at radius 1 is 1.18 bits per heavy atom. The highest BCUT2D eigenvalue weighted by Crippen LogP contribution is 2.31. The maximum absolute atomic E-state index is 12.9. The Kier molecular flexibility index (Phi) is 4.70. The van der Waals surface area contributed by atoms with Gasteiger partial charge in [-0.05, 0) is 48.0 Å². The van der Waals surface area contributed by atoms with Crippen molar-refractivity contribution in [2.45, 2.75) is 6.54 Å². The Labute approximate surface area is 163 Å². The molecule has 0 atom stereocenters. The largest absolute Gasteiger partial charge is 0.497 e. The molecule has 0 saturated heterocycles. The molecule has 0 N–H and O–H groups in total. The lowest BCUT2D eigenvalue weighted by Crippen LogP contribution is -2.19. The van der Waals surface area contributed by atoms with E-state index in [1.54, 1.807) is 13.2 Å². The van der Waals surface area contributed by atoms with E-state index in [4.69, 9.17) is 9.15 Å². The van der Waals surface area contributed by atoms with Gasteiger partial charge in [-0.2, -0.15) is 0 Å². The molecule has 1 aromatic carbocycles. The monoisotopic (exact) mass is 396 g/mol. The molecule has 0 bridgehead atoms. The van der Waals surface area contributed by atoms with Gasteiger partial charge in [0, 0.05) is 4.88 Å². The average Bonchev–Trinajstić information content (AvgIpc) is 3.37. The maximum Gasteiger partial charge on any atom is 0.373 e. The molecule has 8 heteroatoms. The van der Waals surface area contributed by atoms with Crippen LogP contribution in [0.25, 0.3) is 20.7 Å². The van der Waals surface area contributed by atoms with Crippen molar-refractivity contribution in [1.82, 2.24) is 9.55 Å². The molecule has 0 saturated carbocycles. The van der Waals surface area contributed by atoms with E-state index in [1.165, 1.54) is 35.4 Å². The van der Waals surface area contributed by atoms with Gasteiger partial charge in [-0.15, -0.1) is 11.3 Å². The molecule has 0 fully saturated rings. The topological polar surface area (TPSA) is 83.6 Å². The molecule has 0 aliphatic heterocycles. The third-order valence-corrected chi connectivity index (χ3v) is 5.41. The highest BCUT2D eigenvalue weighted by Gasteiger charge is 2.14. The summed E-state index contributed by atoms with van der Waals surface area (Å²) >= 11 is 1.39. The van der Waals surface area contributed by atoms with Crippen molar-refractivity contribution >= 4 is 27.5 Å². The van der Waals surface area contributed by atoms with Crippen molar-refractivity contribution in [3.63, 3.8) is 0 Å². The first kappa shape index (κ1) is 18.0. The number of esters is 1. The quantitative estimate of drug-likeness (QED) is 0.480. The Morgan fingerprint density at radius 3 is 2.68 bits per heavy atom. The van der Waals surface area contributed by atoms with Crippen LogP contribution in [-0.4, -0.2) is 29.7 Å². The van der Waals surface area contributed by atoms with Crippen LogP contribution in [0, 0.1) is 0 Å². The molecule has 0 aliphatic carbocycles. The van der Waals surface area contributed by atoms with Crippen molar-refractivity contribution in [2.75, 3.05) is 14.2 Å². The van der Waals surface area contributed by atoms with Crippen LogP contribution < -0.4 is 10.3 Å². The van der Waals surface area contributed by atoms with Crippen LogP contribution >= 0.6 is 11.3 Å². The van der Waals surface area contributed by atoms with Crippen molar-refractivity contribution in [3.05, 3.63) is 70.7 Å². The molecule has 3 heterocycles. The summed E-state index contributed by atoms with van der Waals surface area (Å²) in [6, 6.07) is 12.7. The second-order valence-corrected chi connectivity index (χ2v) is 7.04. The zero-order valence-corrected chi connectivity index (χ0v) is 16.0. The van der Waals surface area contributed by atoms with Gasteiger partial charge in [0.05, 0.1) is 32.6 Å². The van der Waals surface area contributed by atoms with Crippen molar-refractivity contribution in [2.24, 2.45) is 0 Å². The molecule has 3 aromatic heterocycles. The van der Waals surface area contributed by atoms with E-state index >= 15 is 0 Å². The number of furan rings is 1. The first-order chi connectivity index (χ1) is 13.6. The zero-order valence-electron chi connectivity index (χ0n) is 15.2. The summed E-state index contributed by atoms with van der Waals surface area (Å²) in [5.41, 5.74) is 1.47. The number of methoxy groups -OCH3 is 2. The standard InChI is InChI=1S/C20H16N2O5S/c1-25-13-5-3-12(4-6-13)17-9-15-18(28-17)19(23)22(11-21-15)10-14-7-8-16(27-14)20(24)26-2/h3-9,11H,10H2,1-2H3. The van der Waals surface area contributed by atoms with E-state index in [9.17, 15) is 9.59 Å². The smallest absolute Gasteiger partial charge is 0.373 e. The van der Waals surface area contributed by atoms with Crippen LogP contribution in [0.3, 0.4) is 0 Å². The number of benzene rings is 1. The lowest BCUT2D eigenvalue weighted by Gasteiger charge is -2.02. The minimum absolute atomic E-state index is 0.0949. The number of carbonyl (C=O) groups excluding carboxylic acids is 1. The van der Waals surface area contributed by atoms with Crippen molar-refractivity contribution < 1.29 is 18.7 Å². The minimum atomic E-state index is -0.561. The number of nitrogens with zero attached hydrogens (tertiary/aromatic N) is 2. The molecule has 0 radical (unpaired) electrons. The van der Waals surface area contributed by atoms with E-state index in [0.717, 1.165) is 16.2 Å². The van der Waals surface area contributed by atoms with Gasteiger partial charge >= 0.3 is 5.97 Å². The number of hydrogen-bond donors (Lipinski definition) is 0. The average molecular weight is 396 g/mol. The van der Waals surface area contributed by atoms with E-state index in [0.29, 0.717) is 16.0 Å². The molecule has 142 valence electrons. The lowest BCUT2D eigenvalue weighted by molar-refractivity contribution is 0.0563. The fourth-order valence-corrected chi connectivity index (χ4v) is 3.86. The molecule has 4 rings (SSSR count). The molecule has 28 heavy (non-hydrogen) atoms. The predicted octanol–water partition coefficient (Wildman–Crippen LogP) is 3.56. The van der Waals surface area contributed by atoms with Crippen molar-refractivity contribution in [1.29, 1.82) is 0 Å². The lowest BCUT2D eigenvalue weighted by atomic mass is 10.2. The van der Waals surface area contributed by atoms with Gasteiger partial charge in [0.25, 0.3) is 5.56 Å². The fourth-order valence-electron chi connectivity index (χ4n) is 2.80. The Morgan fingerprint density at radius 2 is 1.96 bits per heavy atom. The van der Waals surface area contributed by atoms with Crippen LogP contribution in [0.1, 0.15) is 16.3 Å². The van der Waals surface area contributed by atoms with Gasteiger partial charge in [-0.25, -0.2) is 9.78 Å². The van der Waals surface area contributed by atoms with Crippen LogP contribution in [0.2, 0.25) is 0 Å². The summed E-state index contributed by atoms with van der Waals surface area (Å²) in [6.45, 7) is 0.175. The number of thiophene rings is 1. The van der Waals surface area contributed by atoms with Gasteiger partial charge in [-0.1, -0.05) is 0 Å². The molecule has 0 amide bonds. The first-order valence-corrected chi connectivity index (χ1v) is 9.21. The van der Waals surface area contributed by atoms with Gasteiger partial charge in [-0.3, -0.25) is 9.36 Å². The highest BCUT2D eigenvalue weighted by molar-refractivity contribution is 7.22. The van der Waals surface area contributed by atoms with Crippen LogP contribution in [-0.2, 0) is 11.3 Å². The molecule has 0 aliphatic rings. The molecule has 0 unspecified atom stereocenters. The predicted molar refractivity (Wildman–Crippen MR) is 105 cm³/mol. The fraction of sp³-hybridized carbons (Fsp3) is 0.150. The minimum Gasteiger partial charge on any atom is -0.497 e. The zero-order chi connectivity index (χ0) is 19.7. The summed E-state index contributed by atoms with van der Waals surface area (Å²) in [7, 11) is 2.90. The highest BCUT2D eigenvalue weighted by atomic mass is 32.1. The van der Waals surface area contributed by atoms with E-state index in [2.05, 4.69) is 9.72 Å². The Bertz CT molecular complexity index is 1200. The van der Waals surface area contributed by atoms with Gasteiger partial charge in [0.2, 0.25) is 5.76 Å². The molecule has 4 aromatic rings. The third kappa shape index (κ3) is 3.29. The number of hydrogen-bond acceptors (Lipinski definition) is 7. The van der Waals surface area contributed by atoms with E-state index in [1.807, 2.05) is 30.3 Å². The second kappa shape index (κ2) is 7.32. The SMILES string of the molecule is COC(=O)c1ccc(Cn2cnc3cc(-c4ccc(OC)cc4)sc3c2=O)o1. The molecular weight excluding hydrogens is 380 g/mol. The second-order valence-electron chi connectivity index (χ2n) is 5.99. The number of rotatable bonds is 5. The van der Waals surface area contributed by atoms with Gasteiger partial charge in [0.15, 0.2) is 0 Å². The Balaban J connectivity index is 1.66. The third-order valence-electron chi connectivity index (χ3n) is 4.25. The molecule has 0 spiro atoms. The summed E-state index contributed by atoms with van der Waals surface area (Å²) in [6.07, 6.45) is 1.48. The normalized spacial score (nSPS) is 10.9. The number of carbonyl (C=O) groups is 1. The van der Waals surface area contributed by atoms with Crippen LogP contribution in [0.5, 0.6) is 5.75 Å².